The van der Waals surface area contributed by atoms with Crippen LogP contribution in [-0.2, 0) is 6.18 Å². The number of hydrogen-bond acceptors (Lipinski definition) is 5. The Hall–Kier alpha value is -3.50. The first-order valence-corrected chi connectivity index (χ1v) is 9.13. The van der Waals surface area contributed by atoms with Crippen LogP contribution in [0, 0.1) is 11.6 Å². The van der Waals surface area contributed by atoms with Crippen LogP contribution >= 0.6 is 0 Å². The van der Waals surface area contributed by atoms with Crippen molar-refractivity contribution in [2.24, 2.45) is 0 Å². The van der Waals surface area contributed by atoms with E-state index in [0.29, 0.717) is 13.0 Å². The Morgan fingerprint density at radius 2 is 1.90 bits per heavy atom. The van der Waals surface area contributed by atoms with Gasteiger partial charge in [-0.3, -0.25) is 4.79 Å². The smallest absolute Gasteiger partial charge is 0.471 e. The molecule has 4 rings (SSSR count). The number of ether oxygens (including phenoxy) is 1. The summed E-state index contributed by atoms with van der Waals surface area (Å²) in [6.07, 6.45) is -4.84. The van der Waals surface area contributed by atoms with Gasteiger partial charge in [-0.05, 0) is 24.3 Å². The molecule has 31 heavy (non-hydrogen) atoms. The standard InChI is InChI=1S/C20H14F5N3O3/c21-15-4-2-1-3-14(15)18(29)28-8-7-12(10-28)30-11-5-6-13(16(22)9-11)17-26-19(31-27-17)20(23,24)25/h1-6,9,12H,7-8,10H2/t12-/m0/s1. The van der Waals surface area contributed by atoms with Crippen molar-refractivity contribution >= 4 is 5.91 Å². The second kappa shape index (κ2) is 7.97. The fraction of sp³-hybridized carbons (Fsp3) is 0.250. The van der Waals surface area contributed by atoms with Crippen LogP contribution in [0.25, 0.3) is 11.4 Å². The van der Waals surface area contributed by atoms with Gasteiger partial charge in [-0.2, -0.15) is 18.2 Å². The van der Waals surface area contributed by atoms with Crippen molar-refractivity contribution in [2.45, 2.75) is 18.7 Å². The Bertz CT molecular complexity index is 1120. The summed E-state index contributed by atoms with van der Waals surface area (Å²) < 4.78 is 75.7. The van der Waals surface area contributed by atoms with E-state index in [1.54, 1.807) is 6.07 Å². The molecule has 0 bridgehead atoms. The van der Waals surface area contributed by atoms with Gasteiger partial charge in [0.2, 0.25) is 5.82 Å². The number of aromatic nitrogens is 2. The van der Waals surface area contributed by atoms with Gasteiger partial charge < -0.3 is 14.2 Å². The molecule has 1 aliphatic heterocycles. The maximum Gasteiger partial charge on any atom is 0.471 e. The molecule has 0 saturated carbocycles. The van der Waals surface area contributed by atoms with E-state index in [0.717, 1.165) is 6.07 Å². The van der Waals surface area contributed by atoms with Gasteiger partial charge in [0, 0.05) is 19.0 Å². The van der Waals surface area contributed by atoms with E-state index >= 15 is 0 Å². The number of nitrogens with zero attached hydrogens (tertiary/aromatic N) is 3. The van der Waals surface area contributed by atoms with Gasteiger partial charge in [0.05, 0.1) is 17.7 Å². The normalized spacial score (nSPS) is 16.5. The molecule has 162 valence electrons. The highest BCUT2D eigenvalue weighted by atomic mass is 19.4. The van der Waals surface area contributed by atoms with E-state index in [1.807, 2.05) is 0 Å². The highest BCUT2D eigenvalue weighted by Gasteiger charge is 2.38. The van der Waals surface area contributed by atoms with Gasteiger partial charge in [-0.1, -0.05) is 17.3 Å². The zero-order chi connectivity index (χ0) is 22.2. The Morgan fingerprint density at radius 3 is 2.58 bits per heavy atom. The molecule has 0 unspecified atom stereocenters. The van der Waals surface area contributed by atoms with E-state index in [9.17, 15) is 26.7 Å². The quantitative estimate of drug-likeness (QED) is 0.567. The van der Waals surface area contributed by atoms with Crippen molar-refractivity contribution in [3.8, 4) is 17.1 Å². The summed E-state index contributed by atoms with van der Waals surface area (Å²) in [5.74, 6) is -3.99. The molecular formula is C20H14F5N3O3. The number of likely N-dealkylation sites (tertiary alicyclic amines) is 1. The number of alkyl halides is 3. The molecule has 1 saturated heterocycles. The molecule has 0 aliphatic carbocycles. The molecule has 1 fully saturated rings. The van der Waals surface area contributed by atoms with Gasteiger partial charge in [-0.25, -0.2) is 8.78 Å². The van der Waals surface area contributed by atoms with Crippen molar-refractivity contribution in [1.29, 1.82) is 0 Å². The van der Waals surface area contributed by atoms with Crippen LogP contribution in [0.4, 0.5) is 22.0 Å². The van der Waals surface area contributed by atoms with E-state index in [1.165, 1.54) is 35.2 Å². The van der Waals surface area contributed by atoms with Crippen LogP contribution in [0.1, 0.15) is 22.7 Å². The summed E-state index contributed by atoms with van der Waals surface area (Å²) >= 11 is 0. The molecule has 1 aliphatic rings. The fourth-order valence-electron chi connectivity index (χ4n) is 3.20. The van der Waals surface area contributed by atoms with E-state index < -0.39 is 41.5 Å². The zero-order valence-electron chi connectivity index (χ0n) is 15.7. The average Bonchev–Trinajstić information content (AvgIpc) is 3.38. The van der Waals surface area contributed by atoms with Crippen LogP contribution in [0.15, 0.2) is 47.0 Å². The first kappa shape index (κ1) is 20.8. The predicted octanol–water partition coefficient (Wildman–Crippen LogP) is 4.33. The summed E-state index contributed by atoms with van der Waals surface area (Å²) in [6.45, 7) is 0.512. The number of rotatable bonds is 4. The summed E-state index contributed by atoms with van der Waals surface area (Å²) in [5, 5.41) is 3.15. The van der Waals surface area contributed by atoms with Crippen LogP contribution < -0.4 is 4.74 Å². The molecule has 1 amide bonds. The van der Waals surface area contributed by atoms with Crippen molar-refractivity contribution < 1.29 is 36.0 Å². The molecule has 1 atom stereocenters. The topological polar surface area (TPSA) is 68.5 Å². The minimum atomic E-state index is -4.83. The number of halogens is 5. The van der Waals surface area contributed by atoms with E-state index in [2.05, 4.69) is 14.7 Å². The van der Waals surface area contributed by atoms with Gasteiger partial charge in [0.1, 0.15) is 23.5 Å². The third-order valence-electron chi connectivity index (χ3n) is 4.69. The highest BCUT2D eigenvalue weighted by molar-refractivity contribution is 5.94. The second-order valence-electron chi connectivity index (χ2n) is 6.82. The Kier molecular flexibility index (Phi) is 5.34. The number of carbonyl (C=O) groups is 1. The Balaban J connectivity index is 1.43. The minimum Gasteiger partial charge on any atom is -0.488 e. The molecule has 0 spiro atoms. The lowest BCUT2D eigenvalue weighted by Crippen LogP contribution is -2.31. The van der Waals surface area contributed by atoms with Gasteiger partial charge in [0.25, 0.3) is 5.91 Å². The van der Waals surface area contributed by atoms with Gasteiger partial charge in [-0.15, -0.1) is 0 Å². The zero-order valence-corrected chi connectivity index (χ0v) is 15.7. The van der Waals surface area contributed by atoms with Crippen molar-refractivity contribution in [1.82, 2.24) is 15.0 Å². The summed E-state index contributed by atoms with van der Waals surface area (Å²) in [5.41, 5.74) is -0.328. The molecule has 0 N–H and O–H groups in total. The monoisotopic (exact) mass is 439 g/mol. The highest BCUT2D eigenvalue weighted by Crippen LogP contribution is 2.31. The maximum absolute atomic E-state index is 14.4. The lowest BCUT2D eigenvalue weighted by molar-refractivity contribution is -0.159. The molecule has 3 aromatic rings. The first-order valence-electron chi connectivity index (χ1n) is 9.13. The SMILES string of the molecule is O=C(c1ccccc1F)N1CC[C@H](Oc2ccc(-c3noc(C(F)(F)F)n3)c(F)c2)C1. The number of amides is 1. The maximum atomic E-state index is 14.4. The van der Waals surface area contributed by atoms with Crippen molar-refractivity contribution in [3.63, 3.8) is 0 Å². The van der Waals surface area contributed by atoms with Crippen molar-refractivity contribution in [2.75, 3.05) is 13.1 Å². The average molecular weight is 439 g/mol. The molecule has 2 aromatic carbocycles. The summed E-state index contributed by atoms with van der Waals surface area (Å²) in [4.78, 5) is 17.1. The lowest BCUT2D eigenvalue weighted by atomic mass is 10.2. The molecular weight excluding hydrogens is 425 g/mol. The summed E-state index contributed by atoms with van der Waals surface area (Å²) in [6, 6.07) is 9.15. The largest absolute Gasteiger partial charge is 0.488 e. The molecule has 6 nitrogen and oxygen atoms in total. The minimum absolute atomic E-state index is 0.0446. The fourth-order valence-corrected chi connectivity index (χ4v) is 3.20. The summed E-state index contributed by atoms with van der Waals surface area (Å²) in [7, 11) is 0. The third kappa shape index (κ3) is 4.35. The molecule has 11 heteroatoms. The predicted molar refractivity (Wildman–Crippen MR) is 96.0 cm³/mol. The third-order valence-corrected chi connectivity index (χ3v) is 4.69. The second-order valence-corrected chi connectivity index (χ2v) is 6.82. The molecule has 0 radical (unpaired) electrons. The van der Waals surface area contributed by atoms with Crippen LogP contribution in [0.3, 0.4) is 0 Å². The van der Waals surface area contributed by atoms with E-state index in [-0.39, 0.29) is 23.4 Å². The number of carbonyl (C=O) groups excluding carboxylic acids is 1. The van der Waals surface area contributed by atoms with Crippen LogP contribution in [0.2, 0.25) is 0 Å². The van der Waals surface area contributed by atoms with Gasteiger partial charge >= 0.3 is 12.1 Å². The molecule has 2 heterocycles. The van der Waals surface area contributed by atoms with Gasteiger partial charge in [0.15, 0.2) is 0 Å². The number of benzene rings is 2. The lowest BCUT2D eigenvalue weighted by Gasteiger charge is -2.18. The van der Waals surface area contributed by atoms with E-state index in [4.69, 9.17) is 4.74 Å². The van der Waals surface area contributed by atoms with Crippen LogP contribution in [-0.4, -0.2) is 40.1 Å². The van der Waals surface area contributed by atoms with Crippen LogP contribution in [0.5, 0.6) is 5.75 Å². The number of hydrogen-bond donors (Lipinski definition) is 0. The Morgan fingerprint density at radius 1 is 1.13 bits per heavy atom. The first-order chi connectivity index (χ1) is 14.7. The molecule has 1 aromatic heterocycles. The Labute approximate surface area is 172 Å². The van der Waals surface area contributed by atoms with Crippen molar-refractivity contribution in [3.05, 3.63) is 65.6 Å².